The number of rotatable bonds is 5. The molecule has 11 nitrogen and oxygen atoms in total. The standard InChI is InChI=1S/C27H36O11/c1-25-7-5-13(28)9-12(25)3-4-14-15-6-8-27(36,26(15,2)10-16(29)18(14)25)17(30)11-37-24-21(33)19(31)20(32)22(38-24)23(34)35/h5,7,9,14-16,18-22,24,29,31-33,36H,3-4,6,8,10-11H2,1-2H3,(H,34,35)/t14-,15+,16-,18-,19?,20-,21?,22?,24+,25-,26-,27+/m0/s1. The molecule has 210 valence electrons. The highest BCUT2D eigenvalue weighted by Gasteiger charge is 2.68. The van der Waals surface area contributed by atoms with Gasteiger partial charge in [0.15, 0.2) is 24.0 Å². The van der Waals surface area contributed by atoms with Gasteiger partial charge in [0.25, 0.3) is 0 Å². The Labute approximate surface area is 219 Å². The monoisotopic (exact) mass is 536 g/mol. The van der Waals surface area contributed by atoms with Gasteiger partial charge in [-0.15, -0.1) is 0 Å². The van der Waals surface area contributed by atoms with Crippen LogP contribution in [0.25, 0.3) is 0 Å². The Morgan fingerprint density at radius 2 is 1.82 bits per heavy atom. The minimum atomic E-state index is -1.89. The van der Waals surface area contributed by atoms with Crippen LogP contribution in [-0.2, 0) is 23.9 Å². The zero-order chi connectivity index (χ0) is 27.8. The first kappa shape index (κ1) is 27.6. The van der Waals surface area contributed by atoms with E-state index < -0.39 is 71.6 Å². The highest BCUT2D eigenvalue weighted by atomic mass is 16.7. The van der Waals surface area contributed by atoms with Gasteiger partial charge in [0.05, 0.1) is 6.10 Å². The van der Waals surface area contributed by atoms with E-state index in [1.165, 1.54) is 0 Å². The van der Waals surface area contributed by atoms with Crippen molar-refractivity contribution in [2.75, 3.05) is 6.61 Å². The van der Waals surface area contributed by atoms with Gasteiger partial charge < -0.3 is 40.1 Å². The molecule has 1 heterocycles. The Morgan fingerprint density at radius 3 is 2.50 bits per heavy atom. The van der Waals surface area contributed by atoms with Crippen LogP contribution in [0.5, 0.6) is 0 Å². The number of aliphatic hydroxyl groups is 5. The van der Waals surface area contributed by atoms with Gasteiger partial charge in [-0.3, -0.25) is 9.59 Å². The van der Waals surface area contributed by atoms with E-state index in [1.807, 2.05) is 19.9 Å². The van der Waals surface area contributed by atoms with Crippen molar-refractivity contribution >= 4 is 17.5 Å². The van der Waals surface area contributed by atoms with Gasteiger partial charge in [-0.2, -0.15) is 0 Å². The third-order valence-corrected chi connectivity index (χ3v) is 10.3. The van der Waals surface area contributed by atoms with Crippen molar-refractivity contribution < 1.29 is 54.5 Å². The minimum absolute atomic E-state index is 0.0166. The fourth-order valence-electron chi connectivity index (χ4n) is 8.26. The third kappa shape index (κ3) is 3.86. The van der Waals surface area contributed by atoms with Crippen LogP contribution in [0.15, 0.2) is 23.8 Å². The normalized spacial score (nSPS) is 50.0. The maximum Gasteiger partial charge on any atom is 0.335 e. The van der Waals surface area contributed by atoms with Gasteiger partial charge in [0.1, 0.15) is 30.5 Å². The number of carboxylic acids is 1. The lowest BCUT2D eigenvalue weighted by Gasteiger charge is -2.59. The van der Waals surface area contributed by atoms with Crippen LogP contribution in [-0.4, -0.2) is 97.2 Å². The zero-order valence-corrected chi connectivity index (χ0v) is 21.4. The lowest BCUT2D eigenvalue weighted by Crippen LogP contribution is -2.62. The molecular formula is C27H36O11. The number of ether oxygens (including phenoxy) is 2. The highest BCUT2D eigenvalue weighted by molar-refractivity contribution is 6.01. The number of aliphatic carboxylic acids is 1. The second kappa shape index (κ2) is 9.29. The second-order valence-electron chi connectivity index (χ2n) is 12.1. The third-order valence-electron chi connectivity index (χ3n) is 10.3. The van der Waals surface area contributed by atoms with Crippen molar-refractivity contribution in [3.63, 3.8) is 0 Å². The molecule has 0 aromatic rings. The van der Waals surface area contributed by atoms with Crippen LogP contribution in [0, 0.1) is 28.6 Å². The number of fused-ring (bicyclic) bond motifs is 5. The Bertz CT molecular complexity index is 1080. The Morgan fingerprint density at radius 1 is 1.11 bits per heavy atom. The maximum absolute atomic E-state index is 13.5. The fraction of sp³-hybridized carbons (Fsp3) is 0.741. The first-order chi connectivity index (χ1) is 17.7. The van der Waals surface area contributed by atoms with E-state index in [0.29, 0.717) is 12.8 Å². The number of allylic oxidation sites excluding steroid dienone is 4. The van der Waals surface area contributed by atoms with Crippen LogP contribution in [0.3, 0.4) is 0 Å². The van der Waals surface area contributed by atoms with E-state index >= 15 is 0 Å². The Kier molecular flexibility index (Phi) is 6.74. The molecule has 5 rings (SSSR count). The molecule has 12 atom stereocenters. The summed E-state index contributed by atoms with van der Waals surface area (Å²) >= 11 is 0. The molecule has 0 spiro atoms. The molecule has 0 radical (unpaired) electrons. The van der Waals surface area contributed by atoms with Crippen molar-refractivity contribution in [2.45, 2.75) is 88.4 Å². The van der Waals surface area contributed by atoms with E-state index in [2.05, 4.69) is 0 Å². The number of hydrogen-bond acceptors (Lipinski definition) is 10. The van der Waals surface area contributed by atoms with E-state index in [-0.39, 0.29) is 36.4 Å². The highest BCUT2D eigenvalue weighted by Crippen LogP contribution is 2.67. The zero-order valence-electron chi connectivity index (χ0n) is 21.4. The van der Waals surface area contributed by atoms with Gasteiger partial charge in [-0.1, -0.05) is 25.5 Å². The van der Waals surface area contributed by atoms with Gasteiger partial charge >= 0.3 is 5.97 Å². The number of carbonyl (C=O) groups is 3. The topological polar surface area (TPSA) is 191 Å². The predicted molar refractivity (Wildman–Crippen MR) is 128 cm³/mol. The SMILES string of the molecule is C[C@]12C=CC(=O)C=C1CC[C@@H]1[C@H]2[C@@H](O)C[C@@]2(C)[C@@H]1CC[C@@]2(O)C(=O)CO[C@@H]1OC(C(=O)O)[C@@H](O)C(O)C1O. The Hall–Kier alpha value is -1.99. The largest absolute Gasteiger partial charge is 0.479 e. The average molecular weight is 537 g/mol. The minimum Gasteiger partial charge on any atom is -0.479 e. The summed E-state index contributed by atoms with van der Waals surface area (Å²) in [5.74, 6) is -2.54. The number of ketones is 2. The maximum atomic E-state index is 13.5. The summed E-state index contributed by atoms with van der Waals surface area (Å²) in [5.41, 5.74) is -2.29. The summed E-state index contributed by atoms with van der Waals surface area (Å²) in [5, 5.41) is 62.5. The first-order valence-corrected chi connectivity index (χ1v) is 13.2. The molecule has 6 N–H and O–H groups in total. The molecule has 5 aliphatic rings. The number of Topliss-reactive ketones (excluding diaryl/α,β-unsaturated/α-hetero) is 1. The molecule has 4 fully saturated rings. The van der Waals surface area contributed by atoms with E-state index in [4.69, 9.17) is 9.47 Å². The fourth-order valence-corrected chi connectivity index (χ4v) is 8.26. The van der Waals surface area contributed by atoms with Crippen molar-refractivity contribution in [3.8, 4) is 0 Å². The molecule has 1 saturated heterocycles. The molecule has 0 amide bonds. The summed E-state index contributed by atoms with van der Waals surface area (Å²) in [6.45, 7) is 3.12. The van der Waals surface area contributed by atoms with E-state index in [0.717, 1.165) is 12.0 Å². The predicted octanol–water partition coefficient (Wildman–Crippen LogP) is -0.526. The number of carbonyl (C=O) groups excluding carboxylic acids is 2. The van der Waals surface area contributed by atoms with Gasteiger partial charge in [-0.25, -0.2) is 4.79 Å². The van der Waals surface area contributed by atoms with Gasteiger partial charge in [-0.05, 0) is 56.1 Å². The van der Waals surface area contributed by atoms with Gasteiger partial charge in [0, 0.05) is 16.7 Å². The van der Waals surface area contributed by atoms with E-state index in [1.54, 1.807) is 12.2 Å². The average Bonchev–Trinajstić information content (AvgIpc) is 3.13. The van der Waals surface area contributed by atoms with Crippen molar-refractivity contribution in [3.05, 3.63) is 23.8 Å². The lowest BCUT2D eigenvalue weighted by molar-refractivity contribution is -0.293. The molecular weight excluding hydrogens is 500 g/mol. The second-order valence-corrected chi connectivity index (χ2v) is 12.1. The van der Waals surface area contributed by atoms with Crippen LogP contribution >= 0.6 is 0 Å². The molecule has 3 unspecified atom stereocenters. The molecule has 4 aliphatic carbocycles. The number of aliphatic hydroxyl groups excluding tert-OH is 4. The van der Waals surface area contributed by atoms with Crippen LogP contribution < -0.4 is 0 Å². The molecule has 38 heavy (non-hydrogen) atoms. The quantitative estimate of drug-likeness (QED) is 0.265. The first-order valence-electron chi connectivity index (χ1n) is 13.2. The molecule has 11 heteroatoms. The molecule has 0 aromatic carbocycles. The van der Waals surface area contributed by atoms with Crippen molar-refractivity contribution in [1.82, 2.24) is 0 Å². The lowest BCUT2D eigenvalue weighted by atomic mass is 9.46. The molecule has 0 bridgehead atoms. The van der Waals surface area contributed by atoms with Crippen LogP contribution in [0.2, 0.25) is 0 Å². The molecule has 3 saturated carbocycles. The smallest absolute Gasteiger partial charge is 0.335 e. The summed E-state index contributed by atoms with van der Waals surface area (Å²) in [6.07, 6.45) is -2.60. The molecule has 1 aliphatic heterocycles. The summed E-state index contributed by atoms with van der Waals surface area (Å²) < 4.78 is 10.4. The molecule has 0 aromatic heterocycles. The summed E-state index contributed by atoms with van der Waals surface area (Å²) in [4.78, 5) is 36.8. The Balaban J connectivity index is 1.34. The number of hydrogen-bond donors (Lipinski definition) is 6. The van der Waals surface area contributed by atoms with Crippen LogP contribution in [0.1, 0.15) is 46.0 Å². The van der Waals surface area contributed by atoms with Crippen LogP contribution in [0.4, 0.5) is 0 Å². The van der Waals surface area contributed by atoms with Crippen molar-refractivity contribution in [1.29, 1.82) is 0 Å². The summed E-state index contributed by atoms with van der Waals surface area (Å²) in [6, 6.07) is 0. The van der Waals surface area contributed by atoms with E-state index in [9.17, 15) is 45.0 Å². The van der Waals surface area contributed by atoms with Crippen molar-refractivity contribution in [2.24, 2.45) is 28.6 Å². The summed E-state index contributed by atoms with van der Waals surface area (Å²) in [7, 11) is 0. The number of carboxylic acid groups (broad SMARTS) is 1. The van der Waals surface area contributed by atoms with Gasteiger partial charge in [0.2, 0.25) is 0 Å².